The molecule has 0 unspecified atom stereocenters. The SMILES string of the molecule is OCC1CCN(c2nnc(Cc3ccc(F)cc3)s2)CC1. The molecule has 1 saturated heterocycles. The fraction of sp³-hybridized carbons (Fsp3) is 0.467. The molecule has 2 heterocycles. The third kappa shape index (κ3) is 3.57. The molecule has 21 heavy (non-hydrogen) atoms. The molecule has 1 aliphatic rings. The maximum Gasteiger partial charge on any atom is 0.208 e. The topological polar surface area (TPSA) is 49.2 Å². The van der Waals surface area contributed by atoms with E-state index in [1.54, 1.807) is 23.5 Å². The van der Waals surface area contributed by atoms with Gasteiger partial charge in [0.1, 0.15) is 10.8 Å². The molecule has 0 atom stereocenters. The third-order valence-electron chi connectivity index (χ3n) is 3.87. The second kappa shape index (κ2) is 6.49. The van der Waals surface area contributed by atoms with Crippen LogP contribution in [0.3, 0.4) is 0 Å². The van der Waals surface area contributed by atoms with Crippen LogP contribution in [0, 0.1) is 11.7 Å². The van der Waals surface area contributed by atoms with Gasteiger partial charge in [0, 0.05) is 26.1 Å². The highest BCUT2D eigenvalue weighted by molar-refractivity contribution is 7.15. The van der Waals surface area contributed by atoms with E-state index in [9.17, 15) is 4.39 Å². The van der Waals surface area contributed by atoms with E-state index in [4.69, 9.17) is 5.11 Å². The Morgan fingerprint density at radius 1 is 1.19 bits per heavy atom. The first-order chi connectivity index (χ1) is 10.2. The van der Waals surface area contributed by atoms with Crippen molar-refractivity contribution in [2.24, 2.45) is 5.92 Å². The van der Waals surface area contributed by atoms with Gasteiger partial charge in [0.05, 0.1) is 0 Å². The lowest BCUT2D eigenvalue weighted by Crippen LogP contribution is -2.34. The lowest BCUT2D eigenvalue weighted by atomic mass is 9.98. The van der Waals surface area contributed by atoms with Crippen molar-refractivity contribution in [2.45, 2.75) is 19.3 Å². The minimum absolute atomic E-state index is 0.219. The summed E-state index contributed by atoms with van der Waals surface area (Å²) in [6, 6.07) is 6.50. The Hall–Kier alpha value is -1.53. The van der Waals surface area contributed by atoms with Crippen LogP contribution in [0.1, 0.15) is 23.4 Å². The summed E-state index contributed by atoms with van der Waals surface area (Å²) in [6.45, 7) is 2.13. The number of hydrogen-bond donors (Lipinski definition) is 1. The number of benzene rings is 1. The number of rotatable bonds is 4. The molecule has 1 fully saturated rings. The summed E-state index contributed by atoms with van der Waals surface area (Å²) in [7, 11) is 0. The summed E-state index contributed by atoms with van der Waals surface area (Å²) in [5, 5.41) is 19.6. The Morgan fingerprint density at radius 2 is 1.90 bits per heavy atom. The molecule has 3 rings (SSSR count). The van der Waals surface area contributed by atoms with E-state index in [1.165, 1.54) is 12.1 Å². The van der Waals surface area contributed by atoms with Crippen LogP contribution in [0.15, 0.2) is 24.3 Å². The normalized spacial score (nSPS) is 16.4. The van der Waals surface area contributed by atoms with Crippen molar-refractivity contribution in [3.8, 4) is 0 Å². The Bertz CT molecular complexity index is 579. The maximum atomic E-state index is 12.9. The largest absolute Gasteiger partial charge is 0.396 e. The van der Waals surface area contributed by atoms with E-state index in [0.717, 1.165) is 41.6 Å². The van der Waals surface area contributed by atoms with Gasteiger partial charge in [-0.3, -0.25) is 0 Å². The van der Waals surface area contributed by atoms with Gasteiger partial charge in [-0.05, 0) is 36.5 Å². The monoisotopic (exact) mass is 307 g/mol. The summed E-state index contributed by atoms with van der Waals surface area (Å²) in [5.41, 5.74) is 1.04. The highest BCUT2D eigenvalue weighted by Gasteiger charge is 2.21. The van der Waals surface area contributed by atoms with Crippen molar-refractivity contribution >= 4 is 16.5 Å². The van der Waals surface area contributed by atoms with Crippen molar-refractivity contribution < 1.29 is 9.50 Å². The predicted molar refractivity (Wildman–Crippen MR) is 81.1 cm³/mol. The van der Waals surface area contributed by atoms with Crippen LogP contribution >= 0.6 is 11.3 Å². The van der Waals surface area contributed by atoms with E-state index >= 15 is 0 Å². The smallest absolute Gasteiger partial charge is 0.208 e. The number of aliphatic hydroxyl groups excluding tert-OH is 1. The second-order valence-corrected chi connectivity index (χ2v) is 6.44. The van der Waals surface area contributed by atoms with E-state index in [0.29, 0.717) is 12.3 Å². The molecule has 1 N–H and O–H groups in total. The lowest BCUT2D eigenvalue weighted by molar-refractivity contribution is 0.203. The Morgan fingerprint density at radius 3 is 2.57 bits per heavy atom. The average Bonchev–Trinajstić information content (AvgIpc) is 2.98. The highest BCUT2D eigenvalue weighted by Crippen LogP contribution is 2.27. The number of aliphatic hydroxyl groups is 1. The van der Waals surface area contributed by atoms with E-state index in [-0.39, 0.29) is 12.4 Å². The van der Waals surface area contributed by atoms with Crippen molar-refractivity contribution in [1.29, 1.82) is 0 Å². The first kappa shape index (κ1) is 14.4. The summed E-state index contributed by atoms with van der Waals surface area (Å²) >= 11 is 1.59. The average molecular weight is 307 g/mol. The van der Waals surface area contributed by atoms with Crippen molar-refractivity contribution in [1.82, 2.24) is 10.2 Å². The molecular weight excluding hydrogens is 289 g/mol. The molecule has 1 aromatic heterocycles. The standard InChI is InChI=1S/C15H18FN3OS/c16-13-3-1-11(2-4-13)9-14-17-18-15(21-14)19-7-5-12(10-20)6-8-19/h1-4,12,20H,5-10H2. The molecule has 112 valence electrons. The van der Waals surface area contributed by atoms with E-state index in [2.05, 4.69) is 15.1 Å². The van der Waals surface area contributed by atoms with Crippen LogP contribution in [0.4, 0.5) is 9.52 Å². The number of hydrogen-bond acceptors (Lipinski definition) is 5. The van der Waals surface area contributed by atoms with E-state index in [1.807, 2.05) is 0 Å². The maximum absolute atomic E-state index is 12.9. The minimum Gasteiger partial charge on any atom is -0.396 e. The van der Waals surface area contributed by atoms with Gasteiger partial charge in [-0.2, -0.15) is 0 Å². The van der Waals surface area contributed by atoms with Gasteiger partial charge in [0.2, 0.25) is 5.13 Å². The zero-order valence-electron chi connectivity index (χ0n) is 11.7. The summed E-state index contributed by atoms with van der Waals surface area (Å²) in [4.78, 5) is 2.23. The Labute approximate surface area is 127 Å². The Kier molecular flexibility index (Phi) is 4.45. The van der Waals surface area contributed by atoms with Crippen molar-refractivity contribution in [3.63, 3.8) is 0 Å². The molecule has 0 aliphatic carbocycles. The number of nitrogens with zero attached hydrogens (tertiary/aromatic N) is 3. The fourth-order valence-electron chi connectivity index (χ4n) is 2.53. The molecule has 0 spiro atoms. The van der Waals surface area contributed by atoms with Crippen molar-refractivity contribution in [3.05, 3.63) is 40.7 Å². The number of anilines is 1. The number of aromatic nitrogens is 2. The Balaban J connectivity index is 1.62. The van der Waals surface area contributed by atoms with Crippen LogP contribution in [0.25, 0.3) is 0 Å². The van der Waals surface area contributed by atoms with Gasteiger partial charge in [-0.15, -0.1) is 10.2 Å². The first-order valence-corrected chi connectivity index (χ1v) is 7.99. The molecule has 0 amide bonds. The molecule has 0 bridgehead atoms. The molecule has 2 aromatic rings. The second-order valence-electron chi connectivity index (χ2n) is 5.39. The molecule has 6 heteroatoms. The van der Waals surface area contributed by atoms with Gasteiger partial charge in [-0.25, -0.2) is 4.39 Å². The predicted octanol–water partition coefficient (Wildman–Crippen LogP) is 2.48. The minimum atomic E-state index is -0.219. The van der Waals surface area contributed by atoms with Crippen LogP contribution in [-0.2, 0) is 6.42 Å². The number of halogens is 1. The molecule has 0 saturated carbocycles. The van der Waals surface area contributed by atoms with Gasteiger partial charge < -0.3 is 10.0 Å². The summed E-state index contributed by atoms with van der Waals surface area (Å²) in [6.07, 6.45) is 2.69. The lowest BCUT2D eigenvalue weighted by Gasteiger charge is -2.30. The zero-order chi connectivity index (χ0) is 14.7. The van der Waals surface area contributed by atoms with Crippen LogP contribution in [0.5, 0.6) is 0 Å². The number of piperidine rings is 1. The van der Waals surface area contributed by atoms with E-state index < -0.39 is 0 Å². The zero-order valence-corrected chi connectivity index (χ0v) is 12.5. The first-order valence-electron chi connectivity index (χ1n) is 7.17. The van der Waals surface area contributed by atoms with Crippen LogP contribution < -0.4 is 4.90 Å². The summed E-state index contributed by atoms with van der Waals surface area (Å²) < 4.78 is 12.9. The van der Waals surface area contributed by atoms with Gasteiger partial charge in [-0.1, -0.05) is 23.5 Å². The molecule has 0 radical (unpaired) electrons. The highest BCUT2D eigenvalue weighted by atomic mass is 32.1. The van der Waals surface area contributed by atoms with Gasteiger partial charge in [0.25, 0.3) is 0 Å². The molecular formula is C15H18FN3OS. The molecule has 1 aromatic carbocycles. The van der Waals surface area contributed by atoms with Crippen LogP contribution in [-0.4, -0.2) is 35.0 Å². The van der Waals surface area contributed by atoms with Gasteiger partial charge in [0.15, 0.2) is 0 Å². The van der Waals surface area contributed by atoms with Crippen LogP contribution in [0.2, 0.25) is 0 Å². The third-order valence-corrected chi connectivity index (χ3v) is 4.85. The summed E-state index contributed by atoms with van der Waals surface area (Å²) in [5.74, 6) is 0.205. The molecule has 1 aliphatic heterocycles. The quantitative estimate of drug-likeness (QED) is 0.943. The van der Waals surface area contributed by atoms with Crippen molar-refractivity contribution in [2.75, 3.05) is 24.6 Å². The fourth-order valence-corrected chi connectivity index (χ4v) is 3.45. The molecule has 4 nitrogen and oxygen atoms in total. The van der Waals surface area contributed by atoms with Gasteiger partial charge >= 0.3 is 0 Å².